The van der Waals surface area contributed by atoms with Crippen LogP contribution in [0.25, 0.3) is 0 Å². The van der Waals surface area contributed by atoms with Crippen molar-refractivity contribution >= 4 is 11.9 Å². The van der Waals surface area contributed by atoms with Crippen molar-refractivity contribution < 1.29 is 19.1 Å². The van der Waals surface area contributed by atoms with E-state index < -0.39 is 0 Å². The molecule has 0 saturated heterocycles. The number of carbonyl (C=O) groups excluding carboxylic acids is 2. The normalized spacial score (nSPS) is 11.0. The quantitative estimate of drug-likeness (QED) is 0.0798. The fourth-order valence-corrected chi connectivity index (χ4v) is 4.41. The Kier molecular flexibility index (Phi) is 28.3. The van der Waals surface area contributed by atoms with Gasteiger partial charge >= 0.3 is 11.9 Å². The molecular formula is C31H60O4. The molecule has 0 aliphatic carbocycles. The third-order valence-corrected chi connectivity index (χ3v) is 6.78. The molecule has 0 rings (SSSR count). The lowest BCUT2D eigenvalue weighted by molar-refractivity contribution is -0.144. The zero-order valence-corrected chi connectivity index (χ0v) is 23.7. The SMILES string of the molecule is CCCCCCCCCCCCOC(=O)CCCCCC(=O)OCCCCCCCCCCCC. The zero-order valence-electron chi connectivity index (χ0n) is 23.7. The third kappa shape index (κ3) is 29.1. The summed E-state index contributed by atoms with van der Waals surface area (Å²) in [4.78, 5) is 23.6. The van der Waals surface area contributed by atoms with E-state index in [0.717, 1.165) is 44.9 Å². The van der Waals surface area contributed by atoms with Crippen molar-refractivity contribution in [3.05, 3.63) is 0 Å². The molecule has 35 heavy (non-hydrogen) atoms. The van der Waals surface area contributed by atoms with Gasteiger partial charge in [-0.15, -0.1) is 0 Å². The molecule has 0 unspecified atom stereocenters. The molecule has 0 aliphatic rings. The molecular weight excluding hydrogens is 436 g/mol. The minimum atomic E-state index is -0.0931. The van der Waals surface area contributed by atoms with Crippen LogP contribution < -0.4 is 0 Å². The van der Waals surface area contributed by atoms with Gasteiger partial charge in [-0.2, -0.15) is 0 Å². The van der Waals surface area contributed by atoms with E-state index in [0.29, 0.717) is 26.1 Å². The fraction of sp³-hybridized carbons (Fsp3) is 0.935. The maximum Gasteiger partial charge on any atom is 0.305 e. The molecule has 0 aromatic rings. The van der Waals surface area contributed by atoms with Gasteiger partial charge in [0.25, 0.3) is 0 Å². The Morgan fingerprint density at radius 2 is 0.629 bits per heavy atom. The lowest BCUT2D eigenvalue weighted by Crippen LogP contribution is -2.07. The van der Waals surface area contributed by atoms with Gasteiger partial charge in [-0.05, 0) is 25.7 Å². The van der Waals surface area contributed by atoms with Crippen LogP contribution in [0, 0.1) is 0 Å². The number of rotatable bonds is 28. The molecule has 0 radical (unpaired) electrons. The first-order chi connectivity index (χ1) is 17.2. The minimum absolute atomic E-state index is 0.0931. The van der Waals surface area contributed by atoms with Crippen molar-refractivity contribution in [1.82, 2.24) is 0 Å². The maximum absolute atomic E-state index is 11.8. The van der Waals surface area contributed by atoms with Crippen molar-refractivity contribution in [1.29, 1.82) is 0 Å². The van der Waals surface area contributed by atoms with Crippen LogP contribution >= 0.6 is 0 Å². The van der Waals surface area contributed by atoms with E-state index in [2.05, 4.69) is 13.8 Å². The van der Waals surface area contributed by atoms with Crippen LogP contribution in [0.15, 0.2) is 0 Å². The predicted octanol–water partition coefficient (Wildman–Crippen LogP) is 9.87. The topological polar surface area (TPSA) is 52.6 Å². The average Bonchev–Trinajstić information content (AvgIpc) is 2.85. The van der Waals surface area contributed by atoms with Crippen molar-refractivity contribution in [2.45, 2.75) is 174 Å². The molecule has 0 saturated carbocycles. The summed E-state index contributed by atoms with van der Waals surface area (Å²) in [6, 6.07) is 0. The maximum atomic E-state index is 11.8. The van der Waals surface area contributed by atoms with Crippen LogP contribution in [-0.4, -0.2) is 25.2 Å². The first kappa shape index (κ1) is 33.9. The standard InChI is InChI=1S/C31H60O4/c1-3-5-7-9-11-13-15-17-19-24-28-34-30(32)26-22-21-23-27-31(33)35-29-25-20-18-16-14-12-10-8-6-4-2/h3-29H2,1-2H3. The molecule has 0 bridgehead atoms. The molecule has 0 N–H and O–H groups in total. The van der Waals surface area contributed by atoms with Gasteiger partial charge in [0.05, 0.1) is 13.2 Å². The highest BCUT2D eigenvalue weighted by atomic mass is 16.5. The second-order valence-electron chi connectivity index (χ2n) is 10.4. The highest BCUT2D eigenvalue weighted by Crippen LogP contribution is 2.12. The predicted molar refractivity (Wildman–Crippen MR) is 149 cm³/mol. The van der Waals surface area contributed by atoms with Gasteiger partial charge in [0.2, 0.25) is 0 Å². The Labute approximate surface area is 218 Å². The van der Waals surface area contributed by atoms with E-state index in [1.807, 2.05) is 0 Å². The smallest absolute Gasteiger partial charge is 0.305 e. The van der Waals surface area contributed by atoms with Crippen molar-refractivity contribution in [2.24, 2.45) is 0 Å². The second-order valence-corrected chi connectivity index (χ2v) is 10.4. The summed E-state index contributed by atoms with van der Waals surface area (Å²) in [6.07, 6.45) is 29.1. The summed E-state index contributed by atoms with van der Waals surface area (Å²) in [7, 11) is 0. The number of esters is 2. The van der Waals surface area contributed by atoms with Crippen molar-refractivity contribution in [3.8, 4) is 0 Å². The summed E-state index contributed by atoms with van der Waals surface area (Å²) >= 11 is 0. The Bertz CT molecular complexity index is 409. The molecule has 0 aromatic heterocycles. The molecule has 0 atom stereocenters. The molecule has 0 fully saturated rings. The van der Waals surface area contributed by atoms with Gasteiger partial charge in [-0.3, -0.25) is 9.59 Å². The van der Waals surface area contributed by atoms with E-state index in [1.54, 1.807) is 0 Å². The number of unbranched alkanes of at least 4 members (excludes halogenated alkanes) is 20. The van der Waals surface area contributed by atoms with Gasteiger partial charge in [0.15, 0.2) is 0 Å². The summed E-state index contributed by atoms with van der Waals surface area (Å²) in [6.45, 7) is 5.62. The van der Waals surface area contributed by atoms with Gasteiger partial charge in [0, 0.05) is 12.8 Å². The molecule has 0 amide bonds. The first-order valence-corrected chi connectivity index (χ1v) is 15.5. The van der Waals surface area contributed by atoms with Crippen LogP contribution in [-0.2, 0) is 19.1 Å². The third-order valence-electron chi connectivity index (χ3n) is 6.78. The van der Waals surface area contributed by atoms with Crippen LogP contribution in [0.1, 0.15) is 174 Å². The lowest BCUT2D eigenvalue weighted by Gasteiger charge is -2.06. The Morgan fingerprint density at radius 1 is 0.371 bits per heavy atom. The van der Waals surface area contributed by atoms with Crippen molar-refractivity contribution in [2.75, 3.05) is 13.2 Å². The Morgan fingerprint density at radius 3 is 0.943 bits per heavy atom. The molecule has 4 heteroatoms. The minimum Gasteiger partial charge on any atom is -0.466 e. The Hall–Kier alpha value is -1.06. The highest BCUT2D eigenvalue weighted by Gasteiger charge is 2.05. The molecule has 0 aliphatic heterocycles. The molecule has 0 aromatic carbocycles. The van der Waals surface area contributed by atoms with Gasteiger partial charge in [0.1, 0.15) is 0 Å². The largest absolute Gasteiger partial charge is 0.466 e. The fourth-order valence-electron chi connectivity index (χ4n) is 4.41. The first-order valence-electron chi connectivity index (χ1n) is 15.5. The molecule has 4 nitrogen and oxygen atoms in total. The highest BCUT2D eigenvalue weighted by molar-refractivity contribution is 5.69. The number of ether oxygens (including phenoxy) is 2. The van der Waals surface area contributed by atoms with Crippen molar-refractivity contribution in [3.63, 3.8) is 0 Å². The van der Waals surface area contributed by atoms with Gasteiger partial charge < -0.3 is 9.47 Å². The van der Waals surface area contributed by atoms with Gasteiger partial charge in [-0.25, -0.2) is 0 Å². The zero-order chi connectivity index (χ0) is 25.7. The molecule has 0 heterocycles. The lowest BCUT2D eigenvalue weighted by atomic mass is 10.1. The summed E-state index contributed by atoms with van der Waals surface area (Å²) in [5, 5.41) is 0. The number of carbonyl (C=O) groups is 2. The summed E-state index contributed by atoms with van der Waals surface area (Å²) < 4.78 is 10.7. The summed E-state index contributed by atoms with van der Waals surface area (Å²) in [5.41, 5.74) is 0. The van der Waals surface area contributed by atoms with E-state index in [9.17, 15) is 9.59 Å². The van der Waals surface area contributed by atoms with Gasteiger partial charge in [-0.1, -0.05) is 136 Å². The van der Waals surface area contributed by atoms with E-state index in [4.69, 9.17) is 9.47 Å². The molecule has 208 valence electrons. The number of hydrogen-bond donors (Lipinski definition) is 0. The molecule has 0 spiro atoms. The summed E-state index contributed by atoms with van der Waals surface area (Å²) in [5.74, 6) is -0.186. The Balaban J connectivity index is 3.27. The van der Waals surface area contributed by atoms with Crippen LogP contribution in [0.4, 0.5) is 0 Å². The van der Waals surface area contributed by atoms with E-state index in [-0.39, 0.29) is 11.9 Å². The monoisotopic (exact) mass is 496 g/mol. The second kappa shape index (κ2) is 29.2. The number of hydrogen-bond acceptors (Lipinski definition) is 4. The van der Waals surface area contributed by atoms with Crippen LogP contribution in [0.2, 0.25) is 0 Å². The average molecular weight is 497 g/mol. The van der Waals surface area contributed by atoms with E-state index >= 15 is 0 Å². The van der Waals surface area contributed by atoms with Crippen LogP contribution in [0.3, 0.4) is 0 Å². The van der Waals surface area contributed by atoms with Crippen LogP contribution in [0.5, 0.6) is 0 Å². The van der Waals surface area contributed by atoms with E-state index in [1.165, 1.54) is 103 Å².